The van der Waals surface area contributed by atoms with Crippen LogP contribution in [0.4, 0.5) is 0 Å². The van der Waals surface area contributed by atoms with E-state index in [0.717, 1.165) is 22.6 Å². The van der Waals surface area contributed by atoms with Crippen LogP contribution < -0.4 is 5.73 Å². The molecule has 0 aromatic heterocycles. The highest BCUT2D eigenvalue weighted by Gasteiger charge is 2.23. The molecule has 0 amide bonds. The highest BCUT2D eigenvalue weighted by Crippen LogP contribution is 2.26. The highest BCUT2D eigenvalue weighted by molar-refractivity contribution is 6.31. The first-order chi connectivity index (χ1) is 9.99. The fourth-order valence-corrected chi connectivity index (χ4v) is 2.68. The van der Waals surface area contributed by atoms with Gasteiger partial charge in [0, 0.05) is 16.1 Å². The van der Waals surface area contributed by atoms with Crippen LogP contribution in [0, 0.1) is 5.92 Å². The van der Waals surface area contributed by atoms with Crippen LogP contribution in [0.1, 0.15) is 24.2 Å². The molecule has 3 N–H and O–H groups in total. The summed E-state index contributed by atoms with van der Waals surface area (Å²) in [5, 5.41) is 11.8. The van der Waals surface area contributed by atoms with Crippen molar-refractivity contribution < 1.29 is 5.11 Å². The molecule has 0 saturated heterocycles. The van der Waals surface area contributed by atoms with Gasteiger partial charge in [0.05, 0.1) is 6.10 Å². The van der Waals surface area contributed by atoms with E-state index in [9.17, 15) is 5.11 Å². The molecule has 2 nitrogen and oxygen atoms in total. The third-order valence-electron chi connectivity index (χ3n) is 3.73. The molecule has 0 bridgehead atoms. The number of benzene rings is 2. The van der Waals surface area contributed by atoms with Crippen LogP contribution in [-0.2, 0) is 6.42 Å². The quantitative estimate of drug-likeness (QED) is 0.864. The van der Waals surface area contributed by atoms with Gasteiger partial charge in [-0.3, -0.25) is 0 Å². The third-order valence-corrected chi connectivity index (χ3v) is 4.35. The lowest BCUT2D eigenvalue weighted by Crippen LogP contribution is -2.36. The molecule has 0 fully saturated rings. The van der Waals surface area contributed by atoms with Gasteiger partial charge in [-0.15, -0.1) is 0 Å². The molecule has 3 atom stereocenters. The van der Waals surface area contributed by atoms with Crippen molar-refractivity contribution in [3.8, 4) is 0 Å². The second kappa shape index (κ2) is 7.28. The maximum atomic E-state index is 10.4. The van der Waals surface area contributed by atoms with Gasteiger partial charge in [-0.05, 0) is 41.7 Å². The Morgan fingerprint density at radius 3 is 2.29 bits per heavy atom. The van der Waals surface area contributed by atoms with Crippen LogP contribution >= 0.6 is 23.2 Å². The molecule has 0 aliphatic heterocycles. The summed E-state index contributed by atoms with van der Waals surface area (Å²) in [4.78, 5) is 0. The van der Waals surface area contributed by atoms with Crippen molar-refractivity contribution >= 4 is 23.2 Å². The average molecular weight is 324 g/mol. The predicted octanol–water partition coefficient (Wildman–Crippen LogP) is 4.23. The summed E-state index contributed by atoms with van der Waals surface area (Å²) in [6.45, 7) is 2.02. The summed E-state index contributed by atoms with van der Waals surface area (Å²) in [5.74, 6) is 0.0931. The monoisotopic (exact) mass is 323 g/mol. The van der Waals surface area contributed by atoms with Gasteiger partial charge in [0.15, 0.2) is 0 Å². The topological polar surface area (TPSA) is 46.2 Å². The van der Waals surface area contributed by atoms with Gasteiger partial charge in [-0.1, -0.05) is 60.5 Å². The maximum absolute atomic E-state index is 10.4. The summed E-state index contributed by atoms with van der Waals surface area (Å²) < 4.78 is 0. The Morgan fingerprint density at radius 2 is 1.67 bits per heavy atom. The van der Waals surface area contributed by atoms with Crippen LogP contribution in [0.3, 0.4) is 0 Å². The van der Waals surface area contributed by atoms with Crippen molar-refractivity contribution in [2.24, 2.45) is 11.7 Å². The van der Waals surface area contributed by atoms with Gasteiger partial charge in [0.25, 0.3) is 0 Å². The summed E-state index contributed by atoms with van der Waals surface area (Å²) >= 11 is 12.0. The number of aliphatic hydroxyl groups excluding tert-OH is 1. The van der Waals surface area contributed by atoms with E-state index in [4.69, 9.17) is 28.9 Å². The molecule has 3 unspecified atom stereocenters. The van der Waals surface area contributed by atoms with Crippen LogP contribution in [0.25, 0.3) is 0 Å². The Morgan fingerprint density at radius 1 is 1.05 bits per heavy atom. The van der Waals surface area contributed by atoms with Crippen LogP contribution in [-0.4, -0.2) is 11.1 Å². The molecule has 4 heteroatoms. The lowest BCUT2D eigenvalue weighted by atomic mass is 9.88. The Bertz CT molecular complexity index is 586. The molecular formula is C17H19Cl2NO. The zero-order valence-corrected chi connectivity index (χ0v) is 13.4. The summed E-state index contributed by atoms with van der Waals surface area (Å²) in [5.41, 5.74) is 8.03. The lowest BCUT2D eigenvalue weighted by Gasteiger charge is -2.25. The van der Waals surface area contributed by atoms with E-state index in [1.165, 1.54) is 0 Å². The SMILES string of the molecule is CC(Cc1ccccc1Cl)C(N)C(O)c1ccc(Cl)cc1. The molecule has 0 aliphatic rings. The molecule has 2 rings (SSSR count). The van der Waals surface area contributed by atoms with Gasteiger partial charge in [0.1, 0.15) is 0 Å². The standard InChI is InChI=1S/C17H19Cl2NO/c1-11(10-13-4-2-3-5-15(13)19)16(20)17(21)12-6-8-14(18)9-7-12/h2-9,11,16-17,21H,10,20H2,1H3. The molecular weight excluding hydrogens is 305 g/mol. The molecule has 0 heterocycles. The average Bonchev–Trinajstić information content (AvgIpc) is 2.49. The number of halogens is 2. The number of aliphatic hydroxyl groups is 1. The zero-order valence-electron chi connectivity index (χ0n) is 11.8. The van der Waals surface area contributed by atoms with Gasteiger partial charge < -0.3 is 10.8 Å². The normalized spacial score (nSPS) is 15.5. The van der Waals surface area contributed by atoms with Crippen molar-refractivity contribution in [3.63, 3.8) is 0 Å². The van der Waals surface area contributed by atoms with E-state index in [0.29, 0.717) is 5.02 Å². The second-order valence-corrected chi connectivity index (χ2v) is 6.19. The van der Waals surface area contributed by atoms with E-state index in [1.807, 2.05) is 31.2 Å². The van der Waals surface area contributed by atoms with E-state index < -0.39 is 6.10 Å². The maximum Gasteiger partial charge on any atom is 0.0943 e. The summed E-state index contributed by atoms with van der Waals surface area (Å²) in [7, 11) is 0. The lowest BCUT2D eigenvalue weighted by molar-refractivity contribution is 0.121. The predicted molar refractivity (Wildman–Crippen MR) is 88.7 cm³/mol. The first-order valence-corrected chi connectivity index (χ1v) is 7.67. The molecule has 21 heavy (non-hydrogen) atoms. The van der Waals surface area contributed by atoms with Gasteiger partial charge in [0.2, 0.25) is 0 Å². The van der Waals surface area contributed by atoms with Crippen LogP contribution in [0.2, 0.25) is 10.0 Å². The third kappa shape index (κ3) is 4.21. The van der Waals surface area contributed by atoms with Crippen molar-refractivity contribution in [2.45, 2.75) is 25.5 Å². The Hall–Kier alpha value is -1.06. The van der Waals surface area contributed by atoms with E-state index in [1.54, 1.807) is 24.3 Å². The van der Waals surface area contributed by atoms with Crippen molar-refractivity contribution in [1.82, 2.24) is 0 Å². The minimum Gasteiger partial charge on any atom is -0.387 e. The molecule has 2 aromatic carbocycles. The summed E-state index contributed by atoms with van der Waals surface area (Å²) in [6, 6.07) is 14.4. The van der Waals surface area contributed by atoms with Gasteiger partial charge in [-0.25, -0.2) is 0 Å². The Labute approximate surface area is 135 Å². The van der Waals surface area contributed by atoms with Crippen molar-refractivity contribution in [2.75, 3.05) is 0 Å². The van der Waals surface area contributed by atoms with Crippen molar-refractivity contribution in [3.05, 3.63) is 69.7 Å². The number of hydrogen-bond acceptors (Lipinski definition) is 2. The van der Waals surface area contributed by atoms with Gasteiger partial charge in [-0.2, -0.15) is 0 Å². The van der Waals surface area contributed by atoms with Crippen molar-refractivity contribution in [1.29, 1.82) is 0 Å². The first kappa shape index (κ1) is 16.3. The van der Waals surface area contributed by atoms with E-state index >= 15 is 0 Å². The minimum atomic E-state index is -0.722. The molecule has 0 spiro atoms. The molecule has 112 valence electrons. The molecule has 0 aliphatic carbocycles. The molecule has 2 aromatic rings. The number of nitrogens with two attached hydrogens (primary N) is 1. The van der Waals surface area contributed by atoms with Crippen LogP contribution in [0.5, 0.6) is 0 Å². The second-order valence-electron chi connectivity index (χ2n) is 5.35. The largest absolute Gasteiger partial charge is 0.387 e. The van der Waals surface area contributed by atoms with Crippen LogP contribution in [0.15, 0.2) is 48.5 Å². The fourth-order valence-electron chi connectivity index (χ4n) is 2.34. The van der Waals surface area contributed by atoms with Gasteiger partial charge >= 0.3 is 0 Å². The Kier molecular flexibility index (Phi) is 5.65. The molecule has 0 radical (unpaired) electrons. The molecule has 0 saturated carbocycles. The minimum absolute atomic E-state index is 0.0931. The first-order valence-electron chi connectivity index (χ1n) is 6.91. The Balaban J connectivity index is 2.06. The number of hydrogen-bond donors (Lipinski definition) is 2. The van der Waals surface area contributed by atoms with E-state index in [-0.39, 0.29) is 12.0 Å². The smallest absolute Gasteiger partial charge is 0.0943 e. The summed E-state index contributed by atoms with van der Waals surface area (Å²) in [6.07, 6.45) is 0.00522. The number of rotatable bonds is 5. The van der Waals surface area contributed by atoms with E-state index in [2.05, 4.69) is 0 Å². The highest BCUT2D eigenvalue weighted by atomic mass is 35.5. The fraction of sp³-hybridized carbons (Fsp3) is 0.294. The zero-order chi connectivity index (χ0) is 15.4.